The fourth-order valence-corrected chi connectivity index (χ4v) is 3.41. The number of anilines is 1. The van der Waals surface area contributed by atoms with Crippen LogP contribution in [0.15, 0.2) is 52.9 Å². The highest BCUT2D eigenvalue weighted by atomic mass is 16.3. The predicted molar refractivity (Wildman–Crippen MR) is 104 cm³/mol. The van der Waals surface area contributed by atoms with Crippen molar-refractivity contribution in [3.05, 3.63) is 65.4 Å². The van der Waals surface area contributed by atoms with Crippen LogP contribution in [-0.2, 0) is 9.59 Å². The van der Waals surface area contributed by atoms with Gasteiger partial charge >= 0.3 is 5.91 Å². The SMILES string of the molecule is Cc1ccccc1N1C(=O)C[C@@H](NNC(=O)c2oc3ccccc3c2C)C1=O. The smallest absolute Gasteiger partial charge is 0.301 e. The molecule has 1 saturated heterocycles. The van der Waals surface area contributed by atoms with Crippen LogP contribution in [0, 0.1) is 13.8 Å². The van der Waals surface area contributed by atoms with E-state index < -0.39 is 17.9 Å². The molecule has 2 heterocycles. The molecule has 1 fully saturated rings. The second-order valence-corrected chi connectivity index (χ2v) is 6.76. The topological polar surface area (TPSA) is 91.7 Å². The first-order chi connectivity index (χ1) is 13.5. The second-order valence-electron chi connectivity index (χ2n) is 6.76. The third-order valence-corrected chi connectivity index (χ3v) is 4.91. The first-order valence-electron chi connectivity index (χ1n) is 8.94. The number of rotatable bonds is 4. The average molecular weight is 377 g/mol. The molecule has 1 atom stereocenters. The number of fused-ring (bicyclic) bond motifs is 1. The number of hydrogen-bond acceptors (Lipinski definition) is 5. The van der Waals surface area contributed by atoms with Crippen LogP contribution in [-0.4, -0.2) is 23.8 Å². The molecule has 3 aromatic rings. The first kappa shape index (κ1) is 17.9. The molecule has 3 amide bonds. The molecule has 0 spiro atoms. The molecule has 0 radical (unpaired) electrons. The fraction of sp³-hybridized carbons (Fsp3) is 0.190. The highest BCUT2D eigenvalue weighted by Crippen LogP contribution is 2.26. The van der Waals surface area contributed by atoms with E-state index in [0.717, 1.165) is 15.8 Å². The summed E-state index contributed by atoms with van der Waals surface area (Å²) in [6, 6.07) is 13.7. The number of nitrogens with one attached hydrogen (secondary N) is 2. The van der Waals surface area contributed by atoms with Crippen LogP contribution in [0.1, 0.15) is 28.1 Å². The number of benzene rings is 2. The highest BCUT2D eigenvalue weighted by molar-refractivity contribution is 6.22. The largest absolute Gasteiger partial charge is 0.451 e. The third kappa shape index (κ3) is 2.95. The summed E-state index contributed by atoms with van der Waals surface area (Å²) in [5.41, 5.74) is 7.89. The summed E-state index contributed by atoms with van der Waals surface area (Å²) in [6.07, 6.45) is -0.0352. The summed E-state index contributed by atoms with van der Waals surface area (Å²) in [5, 5.41) is 0.852. The lowest BCUT2D eigenvalue weighted by Crippen LogP contribution is -2.48. The van der Waals surface area contributed by atoms with Crippen LogP contribution in [0.3, 0.4) is 0 Å². The number of imide groups is 1. The van der Waals surface area contributed by atoms with Gasteiger partial charge in [0, 0.05) is 10.9 Å². The summed E-state index contributed by atoms with van der Waals surface area (Å²) in [6.45, 7) is 3.63. The monoisotopic (exact) mass is 377 g/mol. The van der Waals surface area contributed by atoms with Gasteiger partial charge in [0.25, 0.3) is 5.91 Å². The number of amides is 3. The van der Waals surface area contributed by atoms with Gasteiger partial charge in [-0.15, -0.1) is 0 Å². The van der Waals surface area contributed by atoms with Gasteiger partial charge in [-0.05, 0) is 31.5 Å². The van der Waals surface area contributed by atoms with Gasteiger partial charge in [-0.2, -0.15) is 0 Å². The van der Waals surface area contributed by atoms with E-state index in [-0.39, 0.29) is 18.1 Å². The van der Waals surface area contributed by atoms with Crippen LogP contribution in [0.4, 0.5) is 5.69 Å². The molecular formula is C21H19N3O4. The van der Waals surface area contributed by atoms with E-state index >= 15 is 0 Å². The van der Waals surface area contributed by atoms with Gasteiger partial charge in [0.1, 0.15) is 11.6 Å². The summed E-state index contributed by atoms with van der Waals surface area (Å²) >= 11 is 0. The Morgan fingerprint density at radius 1 is 1.07 bits per heavy atom. The molecule has 7 nitrogen and oxygen atoms in total. The molecule has 1 aliphatic heterocycles. The van der Waals surface area contributed by atoms with E-state index in [4.69, 9.17) is 4.42 Å². The maximum Gasteiger partial charge on any atom is 0.301 e. The third-order valence-electron chi connectivity index (χ3n) is 4.91. The summed E-state index contributed by atoms with van der Waals surface area (Å²) in [5.74, 6) is -1.04. The Labute approximate surface area is 161 Å². The lowest BCUT2D eigenvalue weighted by atomic mass is 10.1. The maximum atomic E-state index is 12.7. The van der Waals surface area contributed by atoms with Crippen LogP contribution < -0.4 is 15.8 Å². The molecule has 0 saturated carbocycles. The van der Waals surface area contributed by atoms with Gasteiger partial charge in [-0.3, -0.25) is 19.8 Å². The Morgan fingerprint density at radius 3 is 2.54 bits per heavy atom. The summed E-state index contributed by atoms with van der Waals surface area (Å²) < 4.78 is 5.62. The molecule has 1 aromatic heterocycles. The Bertz CT molecular complexity index is 1100. The van der Waals surface area contributed by atoms with E-state index in [9.17, 15) is 14.4 Å². The molecule has 0 aliphatic carbocycles. The maximum absolute atomic E-state index is 12.7. The molecule has 2 aromatic carbocycles. The predicted octanol–water partition coefficient (Wildman–Crippen LogP) is 2.62. The van der Waals surface area contributed by atoms with Crippen molar-refractivity contribution in [1.29, 1.82) is 0 Å². The molecule has 2 N–H and O–H groups in total. The van der Waals surface area contributed by atoms with E-state index in [1.54, 1.807) is 25.1 Å². The zero-order valence-corrected chi connectivity index (χ0v) is 15.5. The van der Waals surface area contributed by atoms with Gasteiger partial charge in [0.05, 0.1) is 12.1 Å². The van der Waals surface area contributed by atoms with E-state index in [0.29, 0.717) is 16.8 Å². The standard InChI is InChI=1S/C21H19N3O4/c1-12-7-3-5-9-16(12)24-18(25)11-15(21(24)27)22-23-20(26)19-13(2)14-8-4-6-10-17(14)28-19/h3-10,15,22H,11H2,1-2H3,(H,23,26)/t15-/m1/s1. The Balaban J connectivity index is 1.48. The Kier molecular flexibility index (Phi) is 4.44. The number of para-hydroxylation sites is 2. The molecule has 7 heteroatoms. The molecule has 1 aliphatic rings. The van der Waals surface area contributed by atoms with Crippen LogP contribution >= 0.6 is 0 Å². The normalized spacial score (nSPS) is 16.8. The number of aryl methyl sites for hydroxylation is 2. The van der Waals surface area contributed by atoms with Crippen LogP contribution in [0.25, 0.3) is 11.0 Å². The lowest BCUT2D eigenvalue weighted by molar-refractivity contribution is -0.121. The number of furan rings is 1. The van der Waals surface area contributed by atoms with Crippen molar-refractivity contribution in [3.63, 3.8) is 0 Å². The fourth-order valence-electron chi connectivity index (χ4n) is 3.41. The molecule has 0 unspecified atom stereocenters. The molecular weight excluding hydrogens is 358 g/mol. The van der Waals surface area contributed by atoms with Crippen molar-refractivity contribution < 1.29 is 18.8 Å². The van der Waals surface area contributed by atoms with E-state index in [1.807, 2.05) is 37.3 Å². The summed E-state index contributed by atoms with van der Waals surface area (Å²) in [4.78, 5) is 38.7. The Morgan fingerprint density at radius 2 is 1.79 bits per heavy atom. The molecule has 28 heavy (non-hydrogen) atoms. The van der Waals surface area contributed by atoms with Gasteiger partial charge in [-0.25, -0.2) is 10.3 Å². The van der Waals surface area contributed by atoms with Crippen molar-refractivity contribution >= 4 is 34.4 Å². The average Bonchev–Trinajstić information content (AvgIpc) is 3.17. The molecule has 0 bridgehead atoms. The van der Waals surface area contributed by atoms with Crippen molar-refractivity contribution in [2.45, 2.75) is 26.3 Å². The Hall–Kier alpha value is -3.45. The second kappa shape index (κ2) is 6.94. The number of carbonyl (C=O) groups excluding carboxylic acids is 3. The van der Waals surface area contributed by atoms with Gasteiger partial charge in [-0.1, -0.05) is 36.4 Å². The van der Waals surface area contributed by atoms with Crippen molar-refractivity contribution in [2.24, 2.45) is 0 Å². The quantitative estimate of drug-likeness (QED) is 0.539. The molecule has 142 valence electrons. The zero-order chi connectivity index (χ0) is 19.8. The van der Waals surface area contributed by atoms with E-state index in [2.05, 4.69) is 10.9 Å². The summed E-state index contributed by atoms with van der Waals surface area (Å²) in [7, 11) is 0. The minimum atomic E-state index is -0.833. The minimum Gasteiger partial charge on any atom is -0.451 e. The van der Waals surface area contributed by atoms with Crippen LogP contribution in [0.2, 0.25) is 0 Å². The lowest BCUT2D eigenvalue weighted by Gasteiger charge is -2.17. The van der Waals surface area contributed by atoms with Crippen LogP contribution in [0.5, 0.6) is 0 Å². The number of hydrogen-bond donors (Lipinski definition) is 2. The van der Waals surface area contributed by atoms with Gasteiger partial charge in [0.15, 0.2) is 5.76 Å². The highest BCUT2D eigenvalue weighted by Gasteiger charge is 2.40. The van der Waals surface area contributed by atoms with Gasteiger partial charge in [0.2, 0.25) is 5.91 Å². The van der Waals surface area contributed by atoms with Crippen molar-refractivity contribution in [2.75, 3.05) is 4.90 Å². The number of hydrazine groups is 1. The zero-order valence-electron chi connectivity index (χ0n) is 15.5. The van der Waals surface area contributed by atoms with Gasteiger partial charge < -0.3 is 4.42 Å². The number of carbonyl (C=O) groups is 3. The van der Waals surface area contributed by atoms with Crippen molar-refractivity contribution in [3.8, 4) is 0 Å². The first-order valence-corrected chi connectivity index (χ1v) is 8.94. The molecule has 4 rings (SSSR count). The van der Waals surface area contributed by atoms with Crippen molar-refractivity contribution in [1.82, 2.24) is 10.9 Å². The number of nitrogens with zero attached hydrogens (tertiary/aromatic N) is 1. The van der Waals surface area contributed by atoms with E-state index in [1.165, 1.54) is 0 Å². The minimum absolute atomic E-state index is 0.0352.